The Hall–Kier alpha value is -2.73. The molecule has 3 N–H and O–H groups in total. The number of hydrogen-bond acceptors (Lipinski definition) is 3. The van der Waals surface area contributed by atoms with E-state index in [4.69, 9.17) is 0 Å². The average molecular weight is 367 g/mol. The molecule has 3 rings (SSSR count). The van der Waals surface area contributed by atoms with Crippen molar-refractivity contribution < 1.29 is 9.59 Å². The second kappa shape index (κ2) is 8.10. The van der Waals surface area contributed by atoms with Crippen LogP contribution >= 0.6 is 11.8 Å². The highest BCUT2D eigenvalue weighted by atomic mass is 32.2. The van der Waals surface area contributed by atoms with E-state index in [2.05, 4.69) is 15.8 Å². The van der Waals surface area contributed by atoms with E-state index in [0.717, 1.165) is 21.4 Å². The van der Waals surface area contributed by atoms with E-state index in [-0.39, 0.29) is 23.5 Å². The van der Waals surface area contributed by atoms with Gasteiger partial charge in [0.05, 0.1) is 11.7 Å². The maximum Gasteiger partial charge on any atom is 0.251 e. The number of nitrogens with one attached hydrogen (secondary N) is 3. The molecule has 26 heavy (non-hydrogen) atoms. The zero-order valence-corrected chi connectivity index (χ0v) is 15.5. The molecular weight excluding hydrogens is 346 g/mol. The van der Waals surface area contributed by atoms with Gasteiger partial charge in [-0.3, -0.25) is 20.4 Å². The molecule has 1 heterocycles. The van der Waals surface area contributed by atoms with Crippen LogP contribution in [-0.4, -0.2) is 22.0 Å². The third-order valence-corrected chi connectivity index (χ3v) is 5.17. The largest absolute Gasteiger partial charge is 0.361 e. The minimum absolute atomic E-state index is 0.198. The molecule has 0 spiro atoms. The van der Waals surface area contributed by atoms with Crippen molar-refractivity contribution in [3.05, 3.63) is 65.9 Å². The third kappa shape index (κ3) is 4.46. The quantitative estimate of drug-likeness (QED) is 0.478. The van der Waals surface area contributed by atoms with E-state index in [1.54, 1.807) is 0 Å². The number of amides is 2. The first-order valence-electron chi connectivity index (χ1n) is 8.40. The predicted octanol–water partition coefficient (Wildman–Crippen LogP) is 3.35. The van der Waals surface area contributed by atoms with Crippen molar-refractivity contribution in [1.82, 2.24) is 15.8 Å². The lowest BCUT2D eigenvalue weighted by Gasteiger charge is -2.13. The molecule has 134 valence electrons. The van der Waals surface area contributed by atoms with Gasteiger partial charge in [-0.05, 0) is 37.6 Å². The maximum absolute atomic E-state index is 12.2. The summed E-state index contributed by atoms with van der Waals surface area (Å²) in [6.07, 6.45) is 2.02. The molecule has 0 aliphatic carbocycles. The Kier molecular flexibility index (Phi) is 5.63. The lowest BCUT2D eigenvalue weighted by molar-refractivity contribution is -0.128. The monoisotopic (exact) mass is 367 g/mol. The zero-order chi connectivity index (χ0) is 18.5. The summed E-state index contributed by atoms with van der Waals surface area (Å²) < 4.78 is 0. The first-order valence-corrected chi connectivity index (χ1v) is 9.28. The van der Waals surface area contributed by atoms with E-state index < -0.39 is 0 Å². The van der Waals surface area contributed by atoms with Gasteiger partial charge in [0.1, 0.15) is 0 Å². The smallest absolute Gasteiger partial charge is 0.251 e. The summed E-state index contributed by atoms with van der Waals surface area (Å²) in [6, 6.07) is 15.8. The number of aromatic nitrogens is 1. The number of hydrazine groups is 1. The number of carbonyl (C=O) groups is 2. The van der Waals surface area contributed by atoms with E-state index >= 15 is 0 Å². The van der Waals surface area contributed by atoms with E-state index in [1.807, 2.05) is 68.6 Å². The van der Waals surface area contributed by atoms with Crippen molar-refractivity contribution in [1.29, 1.82) is 0 Å². The standard InChI is InChI=1S/C20H21N3O2S/c1-13-7-9-16(10-8-13)26-14(2)20(25)23-22-19(24)11-15-12-21-18-6-4-3-5-17(15)18/h3-10,12,14,21H,11H2,1-2H3,(H,22,24)(H,23,25)/t14-/m1/s1. The lowest BCUT2D eigenvalue weighted by atomic mass is 10.1. The van der Waals surface area contributed by atoms with Gasteiger partial charge in [0.25, 0.3) is 5.91 Å². The number of carbonyl (C=O) groups excluding carboxylic acids is 2. The number of fused-ring (bicyclic) bond motifs is 1. The first kappa shape index (κ1) is 18.1. The van der Waals surface area contributed by atoms with E-state index in [9.17, 15) is 9.59 Å². The summed E-state index contributed by atoms with van der Waals surface area (Å²) in [7, 11) is 0. The van der Waals surface area contributed by atoms with Crippen molar-refractivity contribution in [2.45, 2.75) is 30.4 Å². The minimum atomic E-state index is -0.314. The highest BCUT2D eigenvalue weighted by Gasteiger charge is 2.15. The van der Waals surface area contributed by atoms with Crippen LogP contribution in [0.4, 0.5) is 0 Å². The molecule has 5 nitrogen and oxygen atoms in total. The van der Waals surface area contributed by atoms with E-state index in [0.29, 0.717) is 0 Å². The van der Waals surface area contributed by atoms with Gasteiger partial charge in [-0.15, -0.1) is 11.8 Å². The fourth-order valence-corrected chi connectivity index (χ4v) is 3.47. The molecule has 2 aromatic carbocycles. The SMILES string of the molecule is Cc1ccc(S[C@H](C)C(=O)NNC(=O)Cc2c[nH]c3ccccc23)cc1. The van der Waals surface area contributed by atoms with Crippen LogP contribution in [0.15, 0.2) is 59.6 Å². The number of rotatable bonds is 5. The topological polar surface area (TPSA) is 74.0 Å². The van der Waals surface area contributed by atoms with Crippen LogP contribution in [0.3, 0.4) is 0 Å². The summed E-state index contributed by atoms with van der Waals surface area (Å²) in [6.45, 7) is 3.83. The normalized spacial score (nSPS) is 11.9. The van der Waals surface area contributed by atoms with Crippen LogP contribution in [0.25, 0.3) is 10.9 Å². The second-order valence-corrected chi connectivity index (χ2v) is 7.56. The second-order valence-electron chi connectivity index (χ2n) is 6.15. The highest BCUT2D eigenvalue weighted by molar-refractivity contribution is 8.00. The van der Waals surface area contributed by atoms with E-state index in [1.165, 1.54) is 17.3 Å². The van der Waals surface area contributed by atoms with Crippen molar-refractivity contribution in [2.24, 2.45) is 0 Å². The van der Waals surface area contributed by atoms with Crippen LogP contribution in [0.5, 0.6) is 0 Å². The Bertz CT molecular complexity index is 918. The average Bonchev–Trinajstić information content (AvgIpc) is 3.04. The third-order valence-electron chi connectivity index (χ3n) is 4.05. The summed E-state index contributed by atoms with van der Waals surface area (Å²) in [4.78, 5) is 28.5. The summed E-state index contributed by atoms with van der Waals surface area (Å²) in [5, 5.41) is 0.698. The Morgan fingerprint density at radius 2 is 1.81 bits per heavy atom. The summed E-state index contributed by atoms with van der Waals surface area (Å²) in [5.74, 6) is -0.488. The van der Waals surface area contributed by atoms with Gasteiger partial charge in [-0.1, -0.05) is 35.9 Å². The fraction of sp³-hybridized carbons (Fsp3) is 0.200. The van der Waals surface area contributed by atoms with Gasteiger partial charge in [0.15, 0.2) is 0 Å². The number of thioether (sulfide) groups is 1. The van der Waals surface area contributed by atoms with Crippen molar-refractivity contribution in [3.63, 3.8) is 0 Å². The molecule has 0 saturated carbocycles. The Labute approximate surface area is 156 Å². The number of para-hydroxylation sites is 1. The van der Waals surface area contributed by atoms with Gasteiger partial charge in [-0.25, -0.2) is 0 Å². The summed E-state index contributed by atoms with van der Waals surface area (Å²) in [5.41, 5.74) is 8.06. The number of hydrogen-bond donors (Lipinski definition) is 3. The fourth-order valence-electron chi connectivity index (χ4n) is 2.60. The van der Waals surface area contributed by atoms with Gasteiger partial charge >= 0.3 is 0 Å². The molecule has 0 saturated heterocycles. The minimum Gasteiger partial charge on any atom is -0.361 e. The lowest BCUT2D eigenvalue weighted by Crippen LogP contribution is -2.45. The number of benzene rings is 2. The molecular formula is C20H21N3O2S. The summed E-state index contributed by atoms with van der Waals surface area (Å²) >= 11 is 1.45. The van der Waals surface area contributed by atoms with Crippen LogP contribution in [0.2, 0.25) is 0 Å². The number of aromatic amines is 1. The Morgan fingerprint density at radius 1 is 1.08 bits per heavy atom. The molecule has 3 aromatic rings. The van der Waals surface area contributed by atoms with Gasteiger partial charge in [0.2, 0.25) is 5.91 Å². The van der Waals surface area contributed by atoms with Crippen molar-refractivity contribution >= 4 is 34.5 Å². The molecule has 0 fully saturated rings. The predicted molar refractivity (Wildman–Crippen MR) is 105 cm³/mol. The molecule has 1 atom stereocenters. The molecule has 0 aliphatic heterocycles. The van der Waals surface area contributed by atoms with Gasteiger partial charge in [-0.2, -0.15) is 0 Å². The molecule has 1 aromatic heterocycles. The van der Waals surface area contributed by atoms with Crippen molar-refractivity contribution in [3.8, 4) is 0 Å². The highest BCUT2D eigenvalue weighted by Crippen LogP contribution is 2.23. The number of aryl methyl sites for hydroxylation is 1. The molecule has 0 unspecified atom stereocenters. The van der Waals surface area contributed by atoms with Crippen LogP contribution in [0.1, 0.15) is 18.1 Å². The Balaban J connectivity index is 1.50. The van der Waals surface area contributed by atoms with Crippen molar-refractivity contribution in [2.75, 3.05) is 0 Å². The van der Waals surface area contributed by atoms with Crippen LogP contribution in [-0.2, 0) is 16.0 Å². The first-order chi connectivity index (χ1) is 12.5. The van der Waals surface area contributed by atoms with Crippen LogP contribution in [0, 0.1) is 6.92 Å². The maximum atomic E-state index is 12.2. The zero-order valence-electron chi connectivity index (χ0n) is 14.7. The Morgan fingerprint density at radius 3 is 2.58 bits per heavy atom. The van der Waals surface area contributed by atoms with Gasteiger partial charge in [0, 0.05) is 22.0 Å². The number of H-pyrrole nitrogens is 1. The molecule has 0 aliphatic rings. The van der Waals surface area contributed by atoms with Gasteiger partial charge < -0.3 is 4.98 Å². The van der Waals surface area contributed by atoms with Crippen LogP contribution < -0.4 is 10.9 Å². The molecule has 2 amide bonds. The molecule has 6 heteroatoms. The molecule has 0 bridgehead atoms. The molecule has 0 radical (unpaired) electrons.